The van der Waals surface area contributed by atoms with Crippen LogP contribution in [0.3, 0.4) is 0 Å². The molecule has 0 spiro atoms. The van der Waals surface area contributed by atoms with Gasteiger partial charge in [-0.1, -0.05) is 24.3 Å². The fourth-order valence-electron chi connectivity index (χ4n) is 2.51. The van der Waals surface area contributed by atoms with Crippen LogP contribution in [-0.2, 0) is 12.7 Å². The largest absolute Gasteiger partial charge is 0.435 e. The van der Waals surface area contributed by atoms with E-state index in [0.29, 0.717) is 28.4 Å². The van der Waals surface area contributed by atoms with Gasteiger partial charge in [0, 0.05) is 24.4 Å². The molecule has 0 saturated heterocycles. The Morgan fingerprint density at radius 3 is 2.32 bits per heavy atom. The van der Waals surface area contributed by atoms with E-state index in [2.05, 4.69) is 10.4 Å². The lowest BCUT2D eigenvalue weighted by molar-refractivity contribution is -0.141. The van der Waals surface area contributed by atoms with Crippen LogP contribution in [0.2, 0.25) is 0 Å². The van der Waals surface area contributed by atoms with E-state index >= 15 is 0 Å². The van der Waals surface area contributed by atoms with Gasteiger partial charge in [-0.15, -0.1) is 0 Å². The molecule has 10 heteroatoms. The van der Waals surface area contributed by atoms with Gasteiger partial charge in [-0.2, -0.15) is 23.0 Å². The molecule has 0 unspecified atom stereocenters. The summed E-state index contributed by atoms with van der Waals surface area (Å²) in [6.07, 6.45) is -3.85. The molecule has 1 aromatic heterocycles. The summed E-state index contributed by atoms with van der Waals surface area (Å²) in [5, 5.41) is 5.48. The SMILES string of the molecule is O=C(NCc1ccccc1-c1cc(F)c(F)cc1F)n1ccc(C(F)(F)F)n1. The monoisotopic (exact) mass is 399 g/mol. The number of benzene rings is 2. The van der Waals surface area contributed by atoms with Gasteiger partial charge in [0.15, 0.2) is 17.3 Å². The van der Waals surface area contributed by atoms with E-state index in [1.54, 1.807) is 6.07 Å². The van der Waals surface area contributed by atoms with Crippen LogP contribution < -0.4 is 5.32 Å². The molecule has 0 fully saturated rings. The van der Waals surface area contributed by atoms with Gasteiger partial charge in [0.05, 0.1) is 0 Å². The predicted octanol–water partition coefficient (Wildman–Crippen LogP) is 4.74. The summed E-state index contributed by atoms with van der Waals surface area (Å²) in [4.78, 5) is 12.0. The Balaban J connectivity index is 1.82. The molecular weight excluding hydrogens is 388 g/mol. The second kappa shape index (κ2) is 7.37. The fourth-order valence-corrected chi connectivity index (χ4v) is 2.51. The first-order valence-corrected chi connectivity index (χ1v) is 7.80. The maximum atomic E-state index is 14.1. The summed E-state index contributed by atoms with van der Waals surface area (Å²) in [6.45, 7) is -0.214. The average molecular weight is 399 g/mol. The quantitative estimate of drug-likeness (QED) is 0.511. The minimum absolute atomic E-state index is 0.190. The standard InChI is InChI=1S/C18H11F6N3O/c19-13-8-15(21)14(20)7-12(13)11-4-2-1-3-10(11)9-25-17(28)27-6-5-16(26-27)18(22,23)24/h1-8H,9H2,(H,25,28). The minimum Gasteiger partial charge on any atom is -0.332 e. The molecule has 146 valence electrons. The van der Waals surface area contributed by atoms with Crippen molar-refractivity contribution in [2.24, 2.45) is 0 Å². The maximum Gasteiger partial charge on any atom is 0.435 e. The number of nitrogens with one attached hydrogen (secondary N) is 1. The summed E-state index contributed by atoms with van der Waals surface area (Å²) in [7, 11) is 0. The zero-order valence-electron chi connectivity index (χ0n) is 13.9. The number of rotatable bonds is 3. The number of hydrogen-bond acceptors (Lipinski definition) is 2. The van der Waals surface area contributed by atoms with Crippen molar-refractivity contribution in [3.8, 4) is 11.1 Å². The molecule has 0 aliphatic rings. The van der Waals surface area contributed by atoms with Crippen molar-refractivity contribution in [1.29, 1.82) is 0 Å². The van der Waals surface area contributed by atoms with Gasteiger partial charge in [0.25, 0.3) is 0 Å². The zero-order chi connectivity index (χ0) is 20.5. The Morgan fingerprint density at radius 2 is 1.64 bits per heavy atom. The summed E-state index contributed by atoms with van der Waals surface area (Å²) >= 11 is 0. The van der Waals surface area contributed by atoms with Crippen LogP contribution in [0.4, 0.5) is 31.1 Å². The van der Waals surface area contributed by atoms with E-state index in [1.807, 2.05) is 0 Å². The van der Waals surface area contributed by atoms with Crippen LogP contribution in [0, 0.1) is 17.5 Å². The number of alkyl halides is 3. The van der Waals surface area contributed by atoms with Crippen LogP contribution in [0.5, 0.6) is 0 Å². The van der Waals surface area contributed by atoms with Crippen molar-refractivity contribution in [2.45, 2.75) is 12.7 Å². The molecule has 4 nitrogen and oxygen atoms in total. The molecule has 0 saturated carbocycles. The molecule has 0 aliphatic heterocycles. The van der Waals surface area contributed by atoms with Gasteiger partial charge in [0.2, 0.25) is 0 Å². The highest BCUT2D eigenvalue weighted by Gasteiger charge is 2.34. The molecule has 0 bridgehead atoms. The normalized spacial score (nSPS) is 11.5. The third-order valence-electron chi connectivity index (χ3n) is 3.84. The zero-order valence-corrected chi connectivity index (χ0v) is 13.9. The van der Waals surface area contributed by atoms with Crippen molar-refractivity contribution >= 4 is 6.03 Å². The fraction of sp³-hybridized carbons (Fsp3) is 0.111. The van der Waals surface area contributed by atoms with Crippen molar-refractivity contribution in [3.63, 3.8) is 0 Å². The van der Waals surface area contributed by atoms with E-state index in [1.165, 1.54) is 18.2 Å². The predicted molar refractivity (Wildman–Crippen MR) is 86.6 cm³/mol. The summed E-state index contributed by atoms with van der Waals surface area (Å²) in [6, 6.07) is 6.83. The lowest BCUT2D eigenvalue weighted by atomic mass is 9.99. The maximum absolute atomic E-state index is 14.1. The van der Waals surface area contributed by atoms with Crippen molar-refractivity contribution in [2.75, 3.05) is 0 Å². The molecule has 0 radical (unpaired) electrons. The highest BCUT2D eigenvalue weighted by molar-refractivity contribution is 5.76. The van der Waals surface area contributed by atoms with Gasteiger partial charge in [0.1, 0.15) is 5.82 Å². The van der Waals surface area contributed by atoms with Crippen LogP contribution in [0.15, 0.2) is 48.7 Å². The number of hydrogen-bond donors (Lipinski definition) is 1. The number of aromatic nitrogens is 2. The van der Waals surface area contributed by atoms with E-state index in [9.17, 15) is 31.1 Å². The first-order chi connectivity index (χ1) is 13.2. The number of nitrogens with zero attached hydrogens (tertiary/aromatic N) is 2. The molecular formula is C18H11F6N3O. The van der Waals surface area contributed by atoms with E-state index < -0.39 is 35.4 Å². The van der Waals surface area contributed by atoms with E-state index in [-0.39, 0.29) is 17.7 Å². The molecule has 28 heavy (non-hydrogen) atoms. The molecule has 3 aromatic rings. The second-order valence-corrected chi connectivity index (χ2v) is 5.71. The van der Waals surface area contributed by atoms with Crippen molar-refractivity contribution in [1.82, 2.24) is 15.1 Å². The van der Waals surface area contributed by atoms with Crippen LogP contribution in [0.25, 0.3) is 11.1 Å². The van der Waals surface area contributed by atoms with Crippen molar-refractivity contribution in [3.05, 3.63) is 77.4 Å². The van der Waals surface area contributed by atoms with Gasteiger partial charge in [-0.3, -0.25) is 0 Å². The number of carbonyl (C=O) groups excluding carboxylic acids is 1. The average Bonchev–Trinajstić information content (AvgIpc) is 3.14. The lowest BCUT2D eigenvalue weighted by Crippen LogP contribution is -2.29. The minimum atomic E-state index is -4.69. The molecule has 0 atom stereocenters. The summed E-state index contributed by atoms with van der Waals surface area (Å²) < 4.78 is 78.8. The third-order valence-corrected chi connectivity index (χ3v) is 3.84. The number of amides is 1. The molecule has 3 rings (SSSR count). The molecule has 1 amide bonds. The first kappa shape index (κ1) is 19.5. The molecule has 2 aromatic carbocycles. The van der Waals surface area contributed by atoms with E-state index in [4.69, 9.17) is 0 Å². The Morgan fingerprint density at radius 1 is 0.964 bits per heavy atom. The summed E-state index contributed by atoms with van der Waals surface area (Å²) in [5.41, 5.74) is -0.922. The number of carbonyl (C=O) groups is 1. The second-order valence-electron chi connectivity index (χ2n) is 5.71. The van der Waals surface area contributed by atoms with Crippen LogP contribution >= 0.6 is 0 Å². The van der Waals surface area contributed by atoms with Gasteiger partial charge < -0.3 is 5.32 Å². The molecule has 1 N–H and O–H groups in total. The van der Waals surface area contributed by atoms with Crippen LogP contribution in [-0.4, -0.2) is 15.8 Å². The molecule has 0 aliphatic carbocycles. The van der Waals surface area contributed by atoms with E-state index in [0.717, 1.165) is 6.20 Å². The third kappa shape index (κ3) is 4.00. The lowest BCUT2D eigenvalue weighted by Gasteiger charge is -2.12. The van der Waals surface area contributed by atoms with Gasteiger partial charge in [-0.05, 0) is 23.3 Å². The highest BCUT2D eigenvalue weighted by Crippen LogP contribution is 2.29. The first-order valence-electron chi connectivity index (χ1n) is 7.80. The summed E-state index contributed by atoms with van der Waals surface area (Å²) in [5.74, 6) is -3.59. The Kier molecular flexibility index (Phi) is 5.12. The smallest absolute Gasteiger partial charge is 0.332 e. The molecule has 1 heterocycles. The highest BCUT2D eigenvalue weighted by atomic mass is 19.4. The number of halogens is 6. The topological polar surface area (TPSA) is 46.9 Å². The Bertz CT molecular complexity index is 1030. The van der Waals surface area contributed by atoms with Crippen molar-refractivity contribution < 1.29 is 31.1 Å². The van der Waals surface area contributed by atoms with Crippen LogP contribution in [0.1, 0.15) is 11.3 Å². The van der Waals surface area contributed by atoms with Gasteiger partial charge in [-0.25, -0.2) is 18.0 Å². The Labute approximate surface area is 154 Å². The Hall–Kier alpha value is -3.30. The van der Waals surface area contributed by atoms with Gasteiger partial charge >= 0.3 is 12.2 Å².